The third-order valence-corrected chi connectivity index (χ3v) is 7.42. The molecule has 2 nitrogen and oxygen atoms in total. The maximum atomic E-state index is 4.35. The molecule has 1 aromatic heterocycles. The van der Waals surface area contributed by atoms with Gasteiger partial charge in [-0.1, -0.05) is 147 Å². The first-order valence-corrected chi connectivity index (χ1v) is 14.4. The van der Waals surface area contributed by atoms with Crippen molar-refractivity contribution in [2.45, 2.75) is 135 Å². The fourth-order valence-electron chi connectivity index (χ4n) is 5.29. The van der Waals surface area contributed by atoms with E-state index < -0.39 is 0 Å². The van der Waals surface area contributed by atoms with Crippen molar-refractivity contribution < 1.29 is 0 Å². The summed E-state index contributed by atoms with van der Waals surface area (Å²) < 4.78 is 2.38. The molecule has 0 bridgehead atoms. The van der Waals surface area contributed by atoms with E-state index in [9.17, 15) is 0 Å². The van der Waals surface area contributed by atoms with Crippen molar-refractivity contribution in [1.29, 1.82) is 0 Å². The predicted octanol–water partition coefficient (Wildman–Crippen LogP) is 9.95. The average molecular weight is 453 g/mol. The first kappa shape index (κ1) is 27.7. The number of rotatable bonds is 21. The van der Waals surface area contributed by atoms with E-state index in [4.69, 9.17) is 0 Å². The summed E-state index contributed by atoms with van der Waals surface area (Å²) in [6.07, 6.45) is 31.2. The Bertz CT molecular complexity index is 649. The second-order valence-electron chi connectivity index (χ2n) is 10.2. The minimum Gasteiger partial charge on any atom is -0.334 e. The fourth-order valence-corrected chi connectivity index (χ4v) is 5.29. The quantitative estimate of drug-likeness (QED) is 0.172. The van der Waals surface area contributed by atoms with Crippen LogP contribution in [0.3, 0.4) is 0 Å². The Morgan fingerprint density at radius 1 is 0.697 bits per heavy atom. The van der Waals surface area contributed by atoms with Gasteiger partial charge in [-0.2, -0.15) is 0 Å². The van der Waals surface area contributed by atoms with Crippen LogP contribution in [0.15, 0.2) is 49.1 Å². The van der Waals surface area contributed by atoms with E-state index in [0.29, 0.717) is 12.0 Å². The van der Waals surface area contributed by atoms with E-state index in [1.165, 1.54) is 121 Å². The molecule has 0 aliphatic carbocycles. The Balaban J connectivity index is 1.55. The summed E-state index contributed by atoms with van der Waals surface area (Å²) in [6, 6.07) is 11.6. The van der Waals surface area contributed by atoms with Crippen molar-refractivity contribution in [3.05, 3.63) is 54.6 Å². The van der Waals surface area contributed by atoms with Gasteiger partial charge in [-0.15, -0.1) is 0 Å². The Kier molecular flexibility index (Phi) is 15.8. The highest BCUT2D eigenvalue weighted by Gasteiger charge is 2.21. The lowest BCUT2D eigenvalue weighted by atomic mass is 9.86. The lowest BCUT2D eigenvalue weighted by Crippen LogP contribution is -2.20. The largest absolute Gasteiger partial charge is 0.334 e. The van der Waals surface area contributed by atoms with Crippen molar-refractivity contribution in [2.75, 3.05) is 0 Å². The molecule has 0 fully saturated rings. The normalized spacial score (nSPS) is 13.3. The zero-order valence-electron chi connectivity index (χ0n) is 21.9. The van der Waals surface area contributed by atoms with E-state index in [0.717, 1.165) is 0 Å². The summed E-state index contributed by atoms with van der Waals surface area (Å²) in [5.41, 5.74) is 1.46. The molecule has 0 aliphatic heterocycles. The molecule has 0 radical (unpaired) electrons. The monoisotopic (exact) mass is 452 g/mol. The molecular formula is C31H52N2. The van der Waals surface area contributed by atoms with Gasteiger partial charge in [0.25, 0.3) is 0 Å². The summed E-state index contributed by atoms with van der Waals surface area (Å²) >= 11 is 0. The molecule has 0 aliphatic rings. The van der Waals surface area contributed by atoms with Crippen LogP contribution in [0, 0.1) is 5.92 Å². The minimum absolute atomic E-state index is 0.569. The molecule has 2 heteroatoms. The maximum absolute atomic E-state index is 4.35. The van der Waals surface area contributed by atoms with Gasteiger partial charge in [0.2, 0.25) is 0 Å². The second-order valence-corrected chi connectivity index (χ2v) is 10.2. The van der Waals surface area contributed by atoms with Gasteiger partial charge in [0.1, 0.15) is 0 Å². The molecule has 0 spiro atoms. The number of nitrogens with zero attached hydrogens (tertiary/aromatic N) is 2. The summed E-state index contributed by atoms with van der Waals surface area (Å²) in [7, 11) is 0. The Morgan fingerprint density at radius 3 is 1.73 bits per heavy atom. The van der Waals surface area contributed by atoms with Gasteiger partial charge >= 0.3 is 0 Å². The summed E-state index contributed by atoms with van der Waals surface area (Å²) in [5, 5.41) is 0. The minimum atomic E-state index is 0.569. The number of aromatic nitrogens is 2. The smallest absolute Gasteiger partial charge is 0.0948 e. The molecule has 2 rings (SSSR count). The Labute approximate surface area is 205 Å². The number of hydrogen-bond acceptors (Lipinski definition) is 1. The predicted molar refractivity (Wildman–Crippen MR) is 145 cm³/mol. The van der Waals surface area contributed by atoms with Gasteiger partial charge < -0.3 is 4.57 Å². The third-order valence-electron chi connectivity index (χ3n) is 7.42. The highest BCUT2D eigenvalue weighted by atomic mass is 15.1. The van der Waals surface area contributed by atoms with Crippen LogP contribution < -0.4 is 0 Å². The lowest BCUT2D eigenvalue weighted by molar-refractivity contribution is 0.290. The topological polar surface area (TPSA) is 17.8 Å². The molecule has 0 amide bonds. The van der Waals surface area contributed by atoms with Gasteiger partial charge in [0.15, 0.2) is 0 Å². The highest BCUT2D eigenvalue weighted by Crippen LogP contribution is 2.30. The van der Waals surface area contributed by atoms with Crippen molar-refractivity contribution in [3.63, 3.8) is 0 Å². The molecule has 2 unspecified atom stereocenters. The maximum Gasteiger partial charge on any atom is 0.0948 e. The molecule has 33 heavy (non-hydrogen) atoms. The SMILES string of the molecule is CCCCCCCCCCCCCCCCCC(C(CC)Cc1ccccc1)n1ccnc1. The van der Waals surface area contributed by atoms with Crippen molar-refractivity contribution in [1.82, 2.24) is 9.55 Å². The van der Waals surface area contributed by atoms with Gasteiger partial charge in [-0.3, -0.25) is 0 Å². The van der Waals surface area contributed by atoms with Crippen LogP contribution in [0.5, 0.6) is 0 Å². The molecule has 0 N–H and O–H groups in total. The molecule has 0 saturated heterocycles. The van der Waals surface area contributed by atoms with Crippen LogP contribution in [0.4, 0.5) is 0 Å². The van der Waals surface area contributed by atoms with E-state index >= 15 is 0 Å². The van der Waals surface area contributed by atoms with E-state index in [1.54, 1.807) is 0 Å². The van der Waals surface area contributed by atoms with Gasteiger partial charge in [-0.05, 0) is 24.3 Å². The second kappa shape index (κ2) is 18.8. The van der Waals surface area contributed by atoms with Crippen molar-refractivity contribution in [2.24, 2.45) is 5.92 Å². The summed E-state index contributed by atoms with van der Waals surface area (Å²) in [5.74, 6) is 0.674. The molecule has 1 heterocycles. The number of imidazole rings is 1. The molecule has 1 aromatic carbocycles. The standard InChI is InChI=1S/C31H52N2/c1-3-5-6-7-8-9-10-11-12-13-14-15-16-17-21-24-31(33-26-25-32-28-33)30(4-2)27-29-22-19-18-20-23-29/h18-20,22-23,25-26,28,30-31H,3-17,21,24,27H2,1-2H3. The van der Waals surface area contributed by atoms with Crippen LogP contribution in [-0.4, -0.2) is 9.55 Å². The Hall–Kier alpha value is -1.57. The molecule has 2 aromatic rings. The lowest BCUT2D eigenvalue weighted by Gasteiger charge is -2.28. The van der Waals surface area contributed by atoms with Crippen LogP contribution in [-0.2, 0) is 6.42 Å². The number of hydrogen-bond donors (Lipinski definition) is 0. The van der Waals surface area contributed by atoms with Crippen LogP contribution in [0.2, 0.25) is 0 Å². The number of benzene rings is 1. The van der Waals surface area contributed by atoms with Gasteiger partial charge in [0, 0.05) is 18.4 Å². The highest BCUT2D eigenvalue weighted by molar-refractivity contribution is 5.15. The number of unbranched alkanes of at least 4 members (excludes halogenated alkanes) is 14. The van der Waals surface area contributed by atoms with Crippen molar-refractivity contribution >= 4 is 0 Å². The zero-order valence-corrected chi connectivity index (χ0v) is 21.9. The van der Waals surface area contributed by atoms with Crippen molar-refractivity contribution in [3.8, 4) is 0 Å². The Morgan fingerprint density at radius 2 is 1.24 bits per heavy atom. The van der Waals surface area contributed by atoms with Gasteiger partial charge in [0.05, 0.1) is 6.33 Å². The van der Waals surface area contributed by atoms with E-state index in [2.05, 4.69) is 59.9 Å². The first-order valence-electron chi connectivity index (χ1n) is 14.4. The van der Waals surface area contributed by atoms with E-state index in [-0.39, 0.29) is 0 Å². The van der Waals surface area contributed by atoms with E-state index in [1.807, 2.05) is 12.5 Å². The molecule has 0 saturated carbocycles. The first-order chi connectivity index (χ1) is 16.3. The third kappa shape index (κ3) is 12.5. The summed E-state index contributed by atoms with van der Waals surface area (Å²) in [6.45, 7) is 4.65. The summed E-state index contributed by atoms with van der Waals surface area (Å²) in [4.78, 5) is 4.35. The van der Waals surface area contributed by atoms with Crippen LogP contribution >= 0.6 is 0 Å². The van der Waals surface area contributed by atoms with Crippen LogP contribution in [0.25, 0.3) is 0 Å². The molecular weight excluding hydrogens is 400 g/mol. The zero-order chi connectivity index (χ0) is 23.4. The van der Waals surface area contributed by atoms with Gasteiger partial charge in [-0.25, -0.2) is 4.98 Å². The fraction of sp³-hybridized carbons (Fsp3) is 0.710. The molecule has 186 valence electrons. The average Bonchev–Trinajstić information content (AvgIpc) is 3.38. The molecule has 2 atom stereocenters. The van der Waals surface area contributed by atoms with Crippen LogP contribution in [0.1, 0.15) is 135 Å².